The van der Waals surface area contributed by atoms with Gasteiger partial charge in [-0.1, -0.05) is 53.5 Å². The Balaban J connectivity index is 1.52. The monoisotopic (exact) mass is 535 g/mol. The van der Waals surface area contributed by atoms with Gasteiger partial charge in [0.15, 0.2) is 5.17 Å². The van der Waals surface area contributed by atoms with Crippen molar-refractivity contribution in [2.24, 2.45) is 4.99 Å². The molecule has 1 saturated heterocycles. The Morgan fingerprint density at radius 3 is 2.64 bits per heavy atom. The molecule has 3 aromatic carbocycles. The highest BCUT2D eigenvalue weighted by Crippen LogP contribution is 2.35. The molecule has 0 atom stereocenters. The van der Waals surface area contributed by atoms with Crippen LogP contribution in [0, 0.1) is 13.8 Å². The Kier molecular flexibility index (Phi) is 6.84. The zero-order valence-corrected chi connectivity index (χ0v) is 22.3. The molecular weight excluding hydrogens is 513 g/mol. The molecule has 1 aromatic heterocycles. The van der Waals surface area contributed by atoms with E-state index in [1.54, 1.807) is 7.11 Å². The van der Waals surface area contributed by atoms with E-state index in [4.69, 9.17) is 27.9 Å². The summed E-state index contributed by atoms with van der Waals surface area (Å²) in [7, 11) is 1.61. The lowest BCUT2D eigenvalue weighted by molar-refractivity contribution is -0.115. The number of para-hydroxylation sites is 1. The van der Waals surface area contributed by atoms with Gasteiger partial charge in [-0.3, -0.25) is 4.79 Å². The molecule has 0 spiro atoms. The Morgan fingerprint density at radius 1 is 1.06 bits per heavy atom. The molecule has 8 heteroatoms. The highest BCUT2D eigenvalue weighted by molar-refractivity contribution is 8.18. The van der Waals surface area contributed by atoms with Crippen molar-refractivity contribution in [3.8, 4) is 5.75 Å². The number of rotatable bonds is 5. The fourth-order valence-corrected chi connectivity index (χ4v) is 5.41. The highest BCUT2D eigenvalue weighted by Gasteiger charge is 2.25. The first-order chi connectivity index (χ1) is 17.3. The van der Waals surface area contributed by atoms with Crippen LogP contribution in [0.3, 0.4) is 0 Å². The molecule has 0 saturated carbocycles. The van der Waals surface area contributed by atoms with E-state index in [-0.39, 0.29) is 5.91 Å². The first-order valence-electron chi connectivity index (χ1n) is 11.3. The molecule has 5 rings (SSSR count). The second-order valence-corrected chi connectivity index (χ2v) is 10.4. The van der Waals surface area contributed by atoms with Gasteiger partial charge in [0, 0.05) is 28.7 Å². The number of carbonyl (C=O) groups excluding carboxylic acids is 1. The number of benzene rings is 3. The van der Waals surface area contributed by atoms with Crippen LogP contribution in [0.4, 0.5) is 5.69 Å². The van der Waals surface area contributed by atoms with E-state index in [1.807, 2.05) is 61.5 Å². The van der Waals surface area contributed by atoms with Crippen molar-refractivity contribution in [1.29, 1.82) is 0 Å². The van der Waals surface area contributed by atoms with Crippen LogP contribution in [0.25, 0.3) is 17.0 Å². The standard InChI is InChI=1S/C28H23Cl2N3O2S/c1-16-8-11-25(35-3)23(12-16)31-28-32-27(34)26(36-28)14-20-17(2)33(24-7-5-4-6-19(20)24)15-18-9-10-21(29)22(30)13-18/h4-14H,15H2,1-3H3,(H,31,32,34)/b26-14-. The van der Waals surface area contributed by atoms with E-state index in [2.05, 4.69) is 33.9 Å². The van der Waals surface area contributed by atoms with Gasteiger partial charge >= 0.3 is 0 Å². The second kappa shape index (κ2) is 10.1. The predicted molar refractivity (Wildman–Crippen MR) is 151 cm³/mol. The third-order valence-corrected chi connectivity index (χ3v) is 7.74. The molecular formula is C28H23Cl2N3O2S. The molecule has 36 heavy (non-hydrogen) atoms. The van der Waals surface area contributed by atoms with Gasteiger partial charge in [0.1, 0.15) is 11.4 Å². The van der Waals surface area contributed by atoms with Gasteiger partial charge in [-0.25, -0.2) is 4.99 Å². The Hall–Kier alpha value is -3.19. The number of carbonyl (C=O) groups is 1. The summed E-state index contributed by atoms with van der Waals surface area (Å²) >= 11 is 13.7. The summed E-state index contributed by atoms with van der Waals surface area (Å²) in [5, 5.41) is 5.54. The second-order valence-electron chi connectivity index (χ2n) is 8.51. The molecule has 1 N–H and O–H groups in total. The molecule has 0 unspecified atom stereocenters. The summed E-state index contributed by atoms with van der Waals surface area (Å²) in [5.74, 6) is 0.479. The van der Waals surface area contributed by atoms with Crippen LogP contribution in [0.5, 0.6) is 5.75 Å². The molecule has 1 aliphatic heterocycles. The average molecular weight is 536 g/mol. The lowest BCUT2D eigenvalue weighted by Gasteiger charge is -2.10. The lowest BCUT2D eigenvalue weighted by atomic mass is 10.1. The minimum absolute atomic E-state index is 0.175. The Bertz CT molecular complexity index is 1570. The highest BCUT2D eigenvalue weighted by atomic mass is 35.5. The number of amidine groups is 1. The maximum absolute atomic E-state index is 12.9. The molecule has 2 heterocycles. The number of hydrogen-bond donors (Lipinski definition) is 1. The minimum Gasteiger partial charge on any atom is -0.494 e. The fraction of sp³-hybridized carbons (Fsp3) is 0.143. The number of aromatic nitrogens is 1. The van der Waals surface area contributed by atoms with Gasteiger partial charge in [-0.15, -0.1) is 0 Å². The molecule has 1 fully saturated rings. The van der Waals surface area contributed by atoms with Crippen LogP contribution in [-0.4, -0.2) is 22.8 Å². The fourth-order valence-electron chi connectivity index (χ4n) is 4.27. The summed E-state index contributed by atoms with van der Waals surface area (Å²) in [4.78, 5) is 18.1. The zero-order chi connectivity index (χ0) is 25.4. The van der Waals surface area contributed by atoms with Crippen LogP contribution in [0.1, 0.15) is 22.4 Å². The van der Waals surface area contributed by atoms with Crippen LogP contribution in [-0.2, 0) is 11.3 Å². The number of nitrogens with zero attached hydrogens (tertiary/aromatic N) is 2. The van der Waals surface area contributed by atoms with Crippen LogP contribution < -0.4 is 10.1 Å². The molecule has 0 bridgehead atoms. The molecule has 1 amide bonds. The van der Waals surface area contributed by atoms with Gasteiger partial charge in [0.05, 0.1) is 22.1 Å². The molecule has 1 aliphatic rings. The maximum atomic E-state index is 12.9. The van der Waals surface area contributed by atoms with Crippen LogP contribution >= 0.6 is 35.0 Å². The maximum Gasteiger partial charge on any atom is 0.264 e. The first-order valence-corrected chi connectivity index (χ1v) is 12.9. The van der Waals surface area contributed by atoms with Gasteiger partial charge in [0.2, 0.25) is 0 Å². The van der Waals surface area contributed by atoms with Crippen molar-refractivity contribution >= 4 is 68.7 Å². The van der Waals surface area contributed by atoms with Crippen molar-refractivity contribution in [2.75, 3.05) is 7.11 Å². The van der Waals surface area contributed by atoms with E-state index in [0.29, 0.717) is 38.1 Å². The Labute approximate surface area is 223 Å². The van der Waals surface area contributed by atoms with Crippen molar-refractivity contribution in [1.82, 2.24) is 9.88 Å². The number of fused-ring (bicyclic) bond motifs is 1. The van der Waals surface area contributed by atoms with E-state index >= 15 is 0 Å². The molecule has 0 aliphatic carbocycles. The number of aryl methyl sites for hydroxylation is 1. The average Bonchev–Trinajstić information content (AvgIpc) is 3.33. The number of nitrogens with one attached hydrogen (secondary N) is 1. The lowest BCUT2D eigenvalue weighted by Crippen LogP contribution is -2.19. The topological polar surface area (TPSA) is 55.6 Å². The van der Waals surface area contributed by atoms with Crippen molar-refractivity contribution in [3.05, 3.63) is 98.0 Å². The number of thioether (sulfide) groups is 1. The molecule has 182 valence electrons. The number of ether oxygens (including phenoxy) is 1. The molecule has 4 aromatic rings. The third-order valence-electron chi connectivity index (χ3n) is 6.09. The SMILES string of the molecule is COc1ccc(C)cc1N=C1NC(=O)/C(=C/c2c(C)n(Cc3ccc(Cl)c(Cl)c3)c3ccccc23)S1. The van der Waals surface area contributed by atoms with Gasteiger partial charge in [0.25, 0.3) is 5.91 Å². The summed E-state index contributed by atoms with van der Waals surface area (Å²) in [6.45, 7) is 4.69. The van der Waals surface area contributed by atoms with E-state index in [1.165, 1.54) is 11.8 Å². The minimum atomic E-state index is -0.175. The van der Waals surface area contributed by atoms with Gasteiger partial charge < -0.3 is 14.6 Å². The van der Waals surface area contributed by atoms with Crippen LogP contribution in [0.15, 0.2) is 70.6 Å². The number of aliphatic imine (C=N–C) groups is 1. The molecule has 5 nitrogen and oxygen atoms in total. The summed E-state index contributed by atoms with van der Waals surface area (Å²) < 4.78 is 7.65. The van der Waals surface area contributed by atoms with E-state index in [0.717, 1.165) is 33.3 Å². The number of halogens is 2. The molecule has 0 radical (unpaired) electrons. The quantitative estimate of drug-likeness (QED) is 0.269. The van der Waals surface area contributed by atoms with Crippen molar-refractivity contribution in [2.45, 2.75) is 20.4 Å². The summed E-state index contributed by atoms with van der Waals surface area (Å²) in [6, 6.07) is 19.6. The van der Waals surface area contributed by atoms with Crippen molar-refractivity contribution in [3.63, 3.8) is 0 Å². The van der Waals surface area contributed by atoms with Crippen LogP contribution in [0.2, 0.25) is 10.0 Å². The van der Waals surface area contributed by atoms with Gasteiger partial charge in [-0.05, 0) is 73.1 Å². The first kappa shape index (κ1) is 24.5. The smallest absolute Gasteiger partial charge is 0.264 e. The third kappa shape index (κ3) is 4.76. The van der Waals surface area contributed by atoms with Crippen molar-refractivity contribution < 1.29 is 9.53 Å². The summed E-state index contributed by atoms with van der Waals surface area (Å²) in [5.41, 5.74) is 5.91. The number of hydrogen-bond acceptors (Lipinski definition) is 4. The largest absolute Gasteiger partial charge is 0.494 e. The van der Waals surface area contributed by atoms with E-state index in [9.17, 15) is 4.79 Å². The number of methoxy groups -OCH3 is 1. The summed E-state index contributed by atoms with van der Waals surface area (Å²) in [6.07, 6.45) is 1.94. The normalized spacial score (nSPS) is 15.8. The van der Waals surface area contributed by atoms with Gasteiger partial charge in [-0.2, -0.15) is 0 Å². The Morgan fingerprint density at radius 2 is 1.86 bits per heavy atom. The number of amides is 1. The zero-order valence-electron chi connectivity index (χ0n) is 19.9. The van der Waals surface area contributed by atoms with E-state index < -0.39 is 0 Å². The predicted octanol–water partition coefficient (Wildman–Crippen LogP) is 7.51.